The molecule has 0 aromatic heterocycles. The third-order valence-electron chi connectivity index (χ3n) is 2.58. The summed E-state index contributed by atoms with van der Waals surface area (Å²) in [6, 6.07) is -0.856. The standard InChI is InChI=1S/C10H19NO6/c1-3-16-10-7(11-5(2)13)9(15)8(14)6(4-12)17-10/h6-10,12,14-15H,3-4H2,1-2H3,(H,11,13)/t6-,7+,8+,9-,10+/m0/s1. The Morgan fingerprint density at radius 3 is 2.53 bits per heavy atom. The minimum absolute atomic E-state index is 0.321. The summed E-state index contributed by atoms with van der Waals surface area (Å²) in [4.78, 5) is 11.0. The molecule has 7 heteroatoms. The molecule has 100 valence electrons. The molecule has 0 unspecified atom stereocenters. The predicted octanol–water partition coefficient (Wildman–Crippen LogP) is -2.03. The summed E-state index contributed by atoms with van der Waals surface area (Å²) in [6.45, 7) is 2.91. The van der Waals surface area contributed by atoms with E-state index in [4.69, 9.17) is 14.6 Å². The summed E-state index contributed by atoms with van der Waals surface area (Å²) in [5, 5.41) is 31.0. The van der Waals surface area contributed by atoms with Crippen LogP contribution in [0.1, 0.15) is 13.8 Å². The summed E-state index contributed by atoms with van der Waals surface area (Å²) < 4.78 is 10.5. The van der Waals surface area contributed by atoms with Crippen LogP contribution in [-0.4, -0.2) is 65.1 Å². The highest BCUT2D eigenvalue weighted by Gasteiger charge is 2.45. The van der Waals surface area contributed by atoms with Gasteiger partial charge in [-0.25, -0.2) is 0 Å². The van der Waals surface area contributed by atoms with Crippen LogP contribution in [0.4, 0.5) is 0 Å². The molecule has 17 heavy (non-hydrogen) atoms. The van der Waals surface area contributed by atoms with Crippen LogP contribution in [0.25, 0.3) is 0 Å². The topological polar surface area (TPSA) is 108 Å². The lowest BCUT2D eigenvalue weighted by Crippen LogP contribution is -2.64. The first-order chi connectivity index (χ1) is 8.01. The van der Waals surface area contributed by atoms with Crippen molar-refractivity contribution in [3.63, 3.8) is 0 Å². The zero-order chi connectivity index (χ0) is 13.0. The molecule has 1 saturated heterocycles. The summed E-state index contributed by atoms with van der Waals surface area (Å²) >= 11 is 0. The van der Waals surface area contributed by atoms with Crippen LogP contribution in [-0.2, 0) is 14.3 Å². The Morgan fingerprint density at radius 1 is 1.41 bits per heavy atom. The highest BCUT2D eigenvalue weighted by atomic mass is 16.7. The number of hydrogen-bond acceptors (Lipinski definition) is 6. The molecule has 5 atom stereocenters. The lowest BCUT2D eigenvalue weighted by Gasteiger charge is -2.42. The number of carbonyl (C=O) groups is 1. The molecule has 1 aliphatic rings. The second-order valence-electron chi connectivity index (χ2n) is 3.89. The van der Waals surface area contributed by atoms with Crippen molar-refractivity contribution < 1.29 is 29.6 Å². The minimum atomic E-state index is -1.27. The van der Waals surface area contributed by atoms with E-state index in [1.165, 1.54) is 6.92 Å². The molecule has 1 amide bonds. The summed E-state index contributed by atoms with van der Waals surface area (Å²) in [5.74, 6) is -0.364. The first kappa shape index (κ1) is 14.3. The number of amides is 1. The normalized spacial score (nSPS) is 37.8. The highest BCUT2D eigenvalue weighted by Crippen LogP contribution is 2.21. The van der Waals surface area contributed by atoms with Crippen LogP contribution < -0.4 is 5.32 Å². The van der Waals surface area contributed by atoms with Crippen molar-refractivity contribution in [3.05, 3.63) is 0 Å². The lowest BCUT2D eigenvalue weighted by atomic mass is 9.97. The molecule has 0 aromatic rings. The molecular weight excluding hydrogens is 230 g/mol. The maximum atomic E-state index is 11.0. The Kier molecular flexibility index (Phi) is 5.29. The molecule has 0 aromatic carbocycles. The molecule has 1 rings (SSSR count). The zero-order valence-corrected chi connectivity index (χ0v) is 9.87. The molecule has 0 spiro atoms. The number of aliphatic hydroxyl groups is 3. The van der Waals surface area contributed by atoms with Crippen LogP contribution in [0.5, 0.6) is 0 Å². The Hall–Kier alpha value is -0.730. The number of hydrogen-bond donors (Lipinski definition) is 4. The van der Waals surface area contributed by atoms with Gasteiger partial charge >= 0.3 is 0 Å². The van der Waals surface area contributed by atoms with Crippen molar-refractivity contribution in [3.8, 4) is 0 Å². The second kappa shape index (κ2) is 6.27. The average Bonchev–Trinajstić information content (AvgIpc) is 2.28. The van der Waals surface area contributed by atoms with Crippen molar-refractivity contribution in [2.24, 2.45) is 0 Å². The van der Waals surface area contributed by atoms with Crippen molar-refractivity contribution in [1.29, 1.82) is 0 Å². The predicted molar refractivity (Wildman–Crippen MR) is 57.0 cm³/mol. The van der Waals surface area contributed by atoms with Crippen LogP contribution in [0.2, 0.25) is 0 Å². The van der Waals surface area contributed by atoms with Gasteiger partial charge < -0.3 is 30.1 Å². The number of carbonyl (C=O) groups excluding carboxylic acids is 1. The maximum absolute atomic E-state index is 11.0. The van der Waals surface area contributed by atoms with Crippen LogP contribution >= 0.6 is 0 Å². The molecule has 1 fully saturated rings. The van der Waals surface area contributed by atoms with Crippen molar-refractivity contribution in [2.75, 3.05) is 13.2 Å². The molecule has 0 aliphatic carbocycles. The van der Waals surface area contributed by atoms with Crippen LogP contribution in [0.3, 0.4) is 0 Å². The molecular formula is C10H19NO6. The van der Waals surface area contributed by atoms with Gasteiger partial charge in [0, 0.05) is 13.5 Å². The summed E-state index contributed by atoms with van der Waals surface area (Å²) in [7, 11) is 0. The molecule has 1 aliphatic heterocycles. The number of rotatable bonds is 4. The van der Waals surface area contributed by atoms with Gasteiger partial charge in [-0.3, -0.25) is 4.79 Å². The van der Waals surface area contributed by atoms with Gasteiger partial charge in [-0.2, -0.15) is 0 Å². The first-order valence-electron chi connectivity index (χ1n) is 5.52. The van der Waals surface area contributed by atoms with Crippen LogP contribution in [0.15, 0.2) is 0 Å². The van der Waals surface area contributed by atoms with Crippen molar-refractivity contribution in [2.45, 2.75) is 44.5 Å². The second-order valence-corrected chi connectivity index (χ2v) is 3.89. The quantitative estimate of drug-likeness (QED) is 0.457. The van der Waals surface area contributed by atoms with Gasteiger partial charge in [0.15, 0.2) is 6.29 Å². The van der Waals surface area contributed by atoms with E-state index >= 15 is 0 Å². The van der Waals surface area contributed by atoms with E-state index in [0.29, 0.717) is 6.61 Å². The highest BCUT2D eigenvalue weighted by molar-refractivity contribution is 5.73. The third-order valence-corrected chi connectivity index (χ3v) is 2.58. The van der Waals surface area contributed by atoms with E-state index in [1.807, 2.05) is 0 Å². The van der Waals surface area contributed by atoms with Gasteiger partial charge in [0.1, 0.15) is 24.4 Å². The van der Waals surface area contributed by atoms with Crippen molar-refractivity contribution >= 4 is 5.91 Å². The molecule has 0 radical (unpaired) electrons. The van der Waals surface area contributed by atoms with E-state index in [2.05, 4.69) is 5.32 Å². The fourth-order valence-electron chi connectivity index (χ4n) is 1.78. The van der Waals surface area contributed by atoms with E-state index in [-0.39, 0.29) is 5.91 Å². The largest absolute Gasteiger partial charge is 0.394 e. The number of ether oxygens (including phenoxy) is 2. The Balaban J connectivity index is 2.78. The first-order valence-corrected chi connectivity index (χ1v) is 5.52. The third kappa shape index (κ3) is 3.36. The average molecular weight is 249 g/mol. The Morgan fingerprint density at radius 2 is 2.06 bits per heavy atom. The van der Waals surface area contributed by atoms with Gasteiger partial charge in [-0.1, -0.05) is 0 Å². The molecule has 0 saturated carbocycles. The van der Waals surface area contributed by atoms with Gasteiger partial charge in [0.25, 0.3) is 0 Å². The van der Waals surface area contributed by atoms with E-state index < -0.39 is 37.3 Å². The van der Waals surface area contributed by atoms with Gasteiger partial charge in [0.05, 0.1) is 6.61 Å². The summed E-state index contributed by atoms with van der Waals surface area (Å²) in [6.07, 6.45) is -4.33. The lowest BCUT2D eigenvalue weighted by molar-refractivity contribution is -0.268. The maximum Gasteiger partial charge on any atom is 0.217 e. The Bertz CT molecular complexity index is 261. The van der Waals surface area contributed by atoms with Crippen LogP contribution in [0, 0.1) is 0 Å². The number of aliphatic hydroxyl groups excluding tert-OH is 3. The van der Waals surface area contributed by atoms with E-state index in [9.17, 15) is 15.0 Å². The van der Waals surface area contributed by atoms with Gasteiger partial charge in [-0.15, -0.1) is 0 Å². The van der Waals surface area contributed by atoms with Gasteiger partial charge in [-0.05, 0) is 6.92 Å². The summed E-state index contributed by atoms with van der Waals surface area (Å²) in [5.41, 5.74) is 0. The van der Waals surface area contributed by atoms with Crippen molar-refractivity contribution in [1.82, 2.24) is 5.32 Å². The molecule has 1 heterocycles. The number of nitrogens with one attached hydrogen (secondary N) is 1. The minimum Gasteiger partial charge on any atom is -0.394 e. The smallest absolute Gasteiger partial charge is 0.217 e. The SMILES string of the molecule is CCO[C@@H]1O[C@@H](CO)[C@@H](O)[C@@H](O)[C@H]1NC(C)=O. The molecule has 7 nitrogen and oxygen atoms in total. The fraction of sp³-hybridized carbons (Fsp3) is 0.900. The molecule has 4 N–H and O–H groups in total. The van der Waals surface area contributed by atoms with Gasteiger partial charge in [0.2, 0.25) is 5.91 Å². The zero-order valence-electron chi connectivity index (χ0n) is 9.87. The Labute approximate surface area is 99.3 Å². The van der Waals surface area contributed by atoms with E-state index in [1.54, 1.807) is 6.92 Å². The molecule has 0 bridgehead atoms. The fourth-order valence-corrected chi connectivity index (χ4v) is 1.78. The van der Waals surface area contributed by atoms with E-state index in [0.717, 1.165) is 0 Å². The monoisotopic (exact) mass is 249 g/mol.